The molecule has 0 fully saturated rings. The highest BCUT2D eigenvalue weighted by Crippen LogP contribution is 2.19. The van der Waals surface area contributed by atoms with Crippen LogP contribution in [-0.2, 0) is 0 Å². The number of hydrogen-bond acceptors (Lipinski definition) is 3. The molecular formula is C16H12FN3O2. The summed E-state index contributed by atoms with van der Waals surface area (Å²) in [7, 11) is 0. The van der Waals surface area contributed by atoms with Crippen LogP contribution < -0.4 is 0 Å². The van der Waals surface area contributed by atoms with Crippen molar-refractivity contribution in [3.8, 4) is 17.1 Å². The Morgan fingerprint density at radius 1 is 1.18 bits per heavy atom. The molecule has 0 atom stereocenters. The van der Waals surface area contributed by atoms with Crippen molar-refractivity contribution in [2.24, 2.45) is 0 Å². The zero-order valence-electron chi connectivity index (χ0n) is 11.7. The van der Waals surface area contributed by atoms with Crippen molar-refractivity contribution in [2.75, 3.05) is 0 Å². The van der Waals surface area contributed by atoms with Crippen LogP contribution in [0.4, 0.5) is 4.39 Å². The Bertz CT molecular complexity index is 858. The molecule has 0 saturated heterocycles. The molecule has 0 unspecified atom stereocenters. The molecule has 110 valence electrons. The molecule has 3 rings (SSSR count). The van der Waals surface area contributed by atoms with Crippen LogP contribution in [0.25, 0.3) is 17.1 Å². The van der Waals surface area contributed by atoms with E-state index in [4.69, 9.17) is 5.11 Å². The molecule has 0 radical (unpaired) electrons. The van der Waals surface area contributed by atoms with Crippen molar-refractivity contribution in [3.63, 3.8) is 0 Å². The average molecular weight is 297 g/mol. The monoisotopic (exact) mass is 297 g/mol. The lowest BCUT2D eigenvalue weighted by Gasteiger charge is -2.02. The second kappa shape index (κ2) is 5.40. The Morgan fingerprint density at radius 3 is 2.68 bits per heavy atom. The van der Waals surface area contributed by atoms with Crippen molar-refractivity contribution < 1.29 is 14.3 Å². The minimum Gasteiger partial charge on any atom is -0.478 e. The largest absolute Gasteiger partial charge is 0.478 e. The van der Waals surface area contributed by atoms with E-state index in [0.717, 1.165) is 0 Å². The van der Waals surface area contributed by atoms with Crippen LogP contribution in [0.15, 0.2) is 48.5 Å². The van der Waals surface area contributed by atoms with Crippen molar-refractivity contribution in [3.05, 3.63) is 65.7 Å². The Labute approximate surface area is 125 Å². The number of carbonyl (C=O) groups is 1. The van der Waals surface area contributed by atoms with Gasteiger partial charge in [0, 0.05) is 5.56 Å². The summed E-state index contributed by atoms with van der Waals surface area (Å²) in [6.45, 7) is 1.75. The first-order valence-electron chi connectivity index (χ1n) is 6.58. The second-order valence-corrected chi connectivity index (χ2v) is 4.76. The van der Waals surface area contributed by atoms with Crippen LogP contribution in [0.2, 0.25) is 0 Å². The van der Waals surface area contributed by atoms with Crippen LogP contribution >= 0.6 is 0 Å². The number of aryl methyl sites for hydroxylation is 1. The molecule has 0 aliphatic carbocycles. The van der Waals surface area contributed by atoms with Crippen molar-refractivity contribution in [1.82, 2.24) is 14.8 Å². The predicted molar refractivity (Wildman–Crippen MR) is 78.4 cm³/mol. The number of rotatable bonds is 3. The highest BCUT2D eigenvalue weighted by Gasteiger charge is 2.12. The molecule has 0 bridgehead atoms. The molecule has 0 spiro atoms. The summed E-state index contributed by atoms with van der Waals surface area (Å²) in [6.07, 6.45) is 0. The van der Waals surface area contributed by atoms with Crippen molar-refractivity contribution >= 4 is 5.97 Å². The normalized spacial score (nSPS) is 10.6. The fourth-order valence-corrected chi connectivity index (χ4v) is 2.16. The minimum absolute atomic E-state index is 0.164. The molecule has 0 aliphatic heterocycles. The van der Waals surface area contributed by atoms with Gasteiger partial charge in [0.2, 0.25) is 0 Å². The van der Waals surface area contributed by atoms with Crippen LogP contribution in [0.3, 0.4) is 0 Å². The Balaban J connectivity index is 2.06. The van der Waals surface area contributed by atoms with E-state index >= 15 is 0 Å². The first-order valence-corrected chi connectivity index (χ1v) is 6.58. The number of carboxylic acid groups (broad SMARTS) is 1. The summed E-state index contributed by atoms with van der Waals surface area (Å²) in [5.74, 6) is -0.392. The minimum atomic E-state index is -1.01. The van der Waals surface area contributed by atoms with Crippen LogP contribution in [0.1, 0.15) is 16.2 Å². The standard InChI is InChI=1S/C16H12FN3O2/c1-10-18-15(11-4-2-5-12(8-11)16(21)22)19-20(10)14-7-3-6-13(17)9-14/h2-9H,1H3,(H,21,22). The van der Waals surface area contributed by atoms with Gasteiger partial charge in [0.1, 0.15) is 11.6 Å². The van der Waals surface area contributed by atoms with Gasteiger partial charge in [-0.15, -0.1) is 5.10 Å². The van der Waals surface area contributed by atoms with Gasteiger partial charge in [0.25, 0.3) is 0 Å². The highest BCUT2D eigenvalue weighted by molar-refractivity contribution is 5.89. The summed E-state index contributed by atoms with van der Waals surface area (Å²) >= 11 is 0. The fraction of sp³-hybridized carbons (Fsp3) is 0.0625. The van der Waals surface area contributed by atoms with Gasteiger partial charge in [0.05, 0.1) is 11.3 Å². The lowest BCUT2D eigenvalue weighted by molar-refractivity contribution is 0.0697. The van der Waals surface area contributed by atoms with Crippen LogP contribution in [0, 0.1) is 12.7 Å². The van der Waals surface area contributed by atoms with Crippen molar-refractivity contribution in [2.45, 2.75) is 6.92 Å². The number of aromatic carboxylic acids is 1. The van der Waals surface area contributed by atoms with E-state index in [1.807, 2.05) is 0 Å². The molecule has 3 aromatic rings. The second-order valence-electron chi connectivity index (χ2n) is 4.76. The summed E-state index contributed by atoms with van der Waals surface area (Å²) < 4.78 is 14.8. The molecular weight excluding hydrogens is 285 g/mol. The molecule has 5 nitrogen and oxygen atoms in total. The van der Waals surface area contributed by atoms with E-state index in [1.54, 1.807) is 31.2 Å². The summed E-state index contributed by atoms with van der Waals surface area (Å²) in [6, 6.07) is 12.4. The van der Waals surface area contributed by atoms with E-state index in [0.29, 0.717) is 22.9 Å². The predicted octanol–water partition coefficient (Wildman–Crippen LogP) is 3.08. The lowest BCUT2D eigenvalue weighted by atomic mass is 10.1. The topological polar surface area (TPSA) is 68.0 Å². The number of benzene rings is 2. The molecule has 1 N–H and O–H groups in total. The van der Waals surface area contributed by atoms with Gasteiger partial charge in [0.15, 0.2) is 5.82 Å². The van der Waals surface area contributed by atoms with E-state index in [-0.39, 0.29) is 11.4 Å². The Morgan fingerprint density at radius 2 is 1.95 bits per heavy atom. The van der Waals surface area contributed by atoms with Crippen LogP contribution in [0.5, 0.6) is 0 Å². The number of hydrogen-bond donors (Lipinski definition) is 1. The maximum Gasteiger partial charge on any atom is 0.335 e. The van der Waals surface area contributed by atoms with Gasteiger partial charge in [-0.3, -0.25) is 0 Å². The van der Waals surface area contributed by atoms with Gasteiger partial charge in [-0.05, 0) is 37.3 Å². The molecule has 0 aliphatic rings. The quantitative estimate of drug-likeness (QED) is 0.806. The highest BCUT2D eigenvalue weighted by atomic mass is 19.1. The maximum absolute atomic E-state index is 13.3. The lowest BCUT2D eigenvalue weighted by Crippen LogP contribution is -1.99. The first kappa shape index (κ1) is 13.9. The van der Waals surface area contributed by atoms with E-state index < -0.39 is 5.97 Å². The number of aromatic nitrogens is 3. The van der Waals surface area contributed by atoms with Gasteiger partial charge >= 0.3 is 5.97 Å². The molecule has 6 heteroatoms. The molecule has 22 heavy (non-hydrogen) atoms. The first-order chi connectivity index (χ1) is 10.5. The fourth-order valence-electron chi connectivity index (χ4n) is 2.16. The van der Waals surface area contributed by atoms with E-state index in [2.05, 4.69) is 10.1 Å². The van der Waals surface area contributed by atoms with Gasteiger partial charge in [-0.1, -0.05) is 18.2 Å². The maximum atomic E-state index is 13.3. The van der Waals surface area contributed by atoms with Gasteiger partial charge in [-0.25, -0.2) is 18.9 Å². The number of carboxylic acids is 1. The van der Waals surface area contributed by atoms with Gasteiger partial charge in [-0.2, -0.15) is 0 Å². The zero-order valence-corrected chi connectivity index (χ0v) is 11.7. The number of nitrogens with zero attached hydrogens (tertiary/aromatic N) is 3. The third-order valence-corrected chi connectivity index (χ3v) is 3.19. The van der Waals surface area contributed by atoms with E-state index in [9.17, 15) is 9.18 Å². The molecule has 1 aromatic heterocycles. The Hall–Kier alpha value is -3.02. The smallest absolute Gasteiger partial charge is 0.335 e. The zero-order chi connectivity index (χ0) is 15.7. The average Bonchev–Trinajstić information content (AvgIpc) is 2.89. The third kappa shape index (κ3) is 2.58. The SMILES string of the molecule is Cc1nc(-c2cccc(C(=O)O)c2)nn1-c1cccc(F)c1. The summed E-state index contributed by atoms with van der Waals surface area (Å²) in [4.78, 5) is 15.4. The van der Waals surface area contributed by atoms with Crippen molar-refractivity contribution in [1.29, 1.82) is 0 Å². The molecule has 0 amide bonds. The summed E-state index contributed by atoms with van der Waals surface area (Å²) in [5, 5.41) is 13.4. The third-order valence-electron chi connectivity index (χ3n) is 3.19. The summed E-state index contributed by atoms with van der Waals surface area (Å²) in [5.41, 5.74) is 1.32. The molecule has 2 aromatic carbocycles. The molecule has 1 heterocycles. The van der Waals surface area contributed by atoms with Gasteiger partial charge < -0.3 is 5.11 Å². The number of halogens is 1. The molecule has 0 saturated carbocycles. The Kier molecular flexibility index (Phi) is 3.42. The van der Waals surface area contributed by atoms with E-state index in [1.165, 1.54) is 28.9 Å². The van der Waals surface area contributed by atoms with Crippen LogP contribution in [-0.4, -0.2) is 25.8 Å².